The molecule has 33 heavy (non-hydrogen) atoms. The van der Waals surface area contributed by atoms with Gasteiger partial charge in [0, 0.05) is 10.6 Å². The maximum atomic E-state index is 12.6. The molecule has 1 aliphatic rings. The number of benzene rings is 3. The van der Waals surface area contributed by atoms with Crippen LogP contribution in [-0.4, -0.2) is 24.2 Å². The Morgan fingerprint density at radius 2 is 1.79 bits per heavy atom. The lowest BCUT2D eigenvalue weighted by molar-refractivity contribution is -0.115. The maximum Gasteiger partial charge on any atom is 0.340 e. The molecule has 6 nitrogen and oxygen atoms in total. The van der Waals surface area contributed by atoms with Gasteiger partial charge in [0.25, 0.3) is 5.91 Å². The summed E-state index contributed by atoms with van der Waals surface area (Å²) >= 11 is 7.13. The summed E-state index contributed by atoms with van der Waals surface area (Å²) in [4.78, 5) is 29.4. The van der Waals surface area contributed by atoms with E-state index < -0.39 is 5.97 Å². The Morgan fingerprint density at radius 3 is 2.58 bits per heavy atom. The van der Waals surface area contributed by atoms with Crippen LogP contribution < -0.4 is 10.1 Å². The van der Waals surface area contributed by atoms with Crippen LogP contribution in [0.2, 0.25) is 5.02 Å². The van der Waals surface area contributed by atoms with Gasteiger partial charge in [0.2, 0.25) is 0 Å². The standard InChI is InChI=1S/C25H19ClN2O4S/c1-31-24(30)19-7-3-4-8-20(19)27-25-28-23(29)22(33-25)14-17-6-2-5-9-21(17)32-15-16-10-12-18(26)13-11-16/h2-14H,15H2,1H3,(H,27,28,29)/b22-14-. The fourth-order valence-corrected chi connectivity index (χ4v) is 4.01. The van der Waals surface area contributed by atoms with Crippen LogP contribution >= 0.6 is 23.4 Å². The van der Waals surface area contributed by atoms with E-state index in [-0.39, 0.29) is 5.91 Å². The third kappa shape index (κ3) is 5.63. The van der Waals surface area contributed by atoms with E-state index in [9.17, 15) is 9.59 Å². The average Bonchev–Trinajstić information content (AvgIpc) is 3.17. The highest BCUT2D eigenvalue weighted by Gasteiger charge is 2.25. The molecule has 0 unspecified atom stereocenters. The third-order valence-corrected chi connectivity index (χ3v) is 5.86. The molecule has 0 saturated carbocycles. The first kappa shape index (κ1) is 22.6. The Kier molecular flexibility index (Phi) is 7.12. The molecule has 3 aromatic carbocycles. The minimum atomic E-state index is -0.494. The van der Waals surface area contributed by atoms with Crippen LogP contribution in [0, 0.1) is 0 Å². The van der Waals surface area contributed by atoms with Gasteiger partial charge in [0.15, 0.2) is 5.17 Å². The van der Waals surface area contributed by atoms with Gasteiger partial charge in [-0.05, 0) is 53.7 Å². The largest absolute Gasteiger partial charge is 0.488 e. The van der Waals surface area contributed by atoms with Gasteiger partial charge in [-0.3, -0.25) is 4.79 Å². The highest BCUT2D eigenvalue weighted by molar-refractivity contribution is 8.18. The van der Waals surface area contributed by atoms with Gasteiger partial charge < -0.3 is 14.8 Å². The highest BCUT2D eigenvalue weighted by Crippen LogP contribution is 2.31. The molecule has 1 amide bonds. The summed E-state index contributed by atoms with van der Waals surface area (Å²) in [6.45, 7) is 0.369. The molecule has 1 N–H and O–H groups in total. The lowest BCUT2D eigenvalue weighted by Gasteiger charge is -2.09. The summed E-state index contributed by atoms with van der Waals surface area (Å²) in [5.41, 5.74) is 2.48. The van der Waals surface area contributed by atoms with E-state index in [2.05, 4.69) is 10.3 Å². The first-order valence-corrected chi connectivity index (χ1v) is 11.2. The van der Waals surface area contributed by atoms with Crippen LogP contribution in [0.3, 0.4) is 0 Å². The summed E-state index contributed by atoms with van der Waals surface area (Å²) in [5.74, 6) is -0.122. The molecule has 0 aromatic heterocycles. The van der Waals surface area contributed by atoms with E-state index in [4.69, 9.17) is 21.1 Å². The molecule has 0 spiro atoms. The van der Waals surface area contributed by atoms with Crippen molar-refractivity contribution in [2.24, 2.45) is 4.99 Å². The smallest absolute Gasteiger partial charge is 0.340 e. The number of para-hydroxylation sites is 2. The van der Waals surface area contributed by atoms with E-state index >= 15 is 0 Å². The number of methoxy groups -OCH3 is 1. The minimum absolute atomic E-state index is 0.276. The number of rotatable bonds is 6. The Hall–Kier alpha value is -3.55. The number of carbonyl (C=O) groups is 2. The second-order valence-electron chi connectivity index (χ2n) is 6.94. The Bertz CT molecular complexity index is 1260. The zero-order valence-corrected chi connectivity index (χ0v) is 19.2. The summed E-state index contributed by atoms with van der Waals surface area (Å²) in [6, 6.07) is 21.7. The molecule has 1 heterocycles. The number of esters is 1. The molecule has 1 fully saturated rings. The molecule has 0 atom stereocenters. The number of hydrogen-bond donors (Lipinski definition) is 1. The Morgan fingerprint density at radius 1 is 1.06 bits per heavy atom. The molecular formula is C25H19ClN2O4S. The molecule has 3 aromatic rings. The number of halogens is 1. The topological polar surface area (TPSA) is 77.0 Å². The average molecular weight is 479 g/mol. The SMILES string of the molecule is COC(=O)c1ccccc1N=C1NC(=O)/C(=C/c2ccccc2OCc2ccc(Cl)cc2)S1. The molecule has 1 saturated heterocycles. The van der Waals surface area contributed by atoms with E-state index in [1.165, 1.54) is 18.9 Å². The van der Waals surface area contributed by atoms with Crippen LogP contribution in [0.15, 0.2) is 82.7 Å². The number of aliphatic imine (C=N–C) groups is 1. The fraction of sp³-hybridized carbons (Fsp3) is 0.0800. The van der Waals surface area contributed by atoms with E-state index in [1.54, 1.807) is 30.3 Å². The van der Waals surface area contributed by atoms with E-state index in [0.717, 1.165) is 11.1 Å². The number of hydrogen-bond acceptors (Lipinski definition) is 6. The van der Waals surface area contributed by atoms with Crippen LogP contribution in [0.4, 0.5) is 5.69 Å². The van der Waals surface area contributed by atoms with Crippen molar-refractivity contribution in [1.82, 2.24) is 5.32 Å². The number of carbonyl (C=O) groups excluding carboxylic acids is 2. The third-order valence-electron chi connectivity index (χ3n) is 4.70. The lowest BCUT2D eigenvalue weighted by Crippen LogP contribution is -2.19. The van der Waals surface area contributed by atoms with Gasteiger partial charge in [-0.2, -0.15) is 0 Å². The summed E-state index contributed by atoms with van der Waals surface area (Å²) in [6.07, 6.45) is 1.76. The van der Waals surface area contributed by atoms with E-state index in [0.29, 0.717) is 38.7 Å². The zero-order valence-electron chi connectivity index (χ0n) is 17.6. The van der Waals surface area contributed by atoms with Gasteiger partial charge in [-0.15, -0.1) is 0 Å². The Balaban J connectivity index is 1.54. The fourth-order valence-electron chi connectivity index (χ4n) is 3.06. The number of amidine groups is 1. The quantitative estimate of drug-likeness (QED) is 0.368. The van der Waals surface area contributed by atoms with Gasteiger partial charge in [0.05, 0.1) is 23.3 Å². The molecule has 0 bridgehead atoms. The zero-order chi connectivity index (χ0) is 23.2. The monoisotopic (exact) mass is 478 g/mol. The second-order valence-corrected chi connectivity index (χ2v) is 8.41. The van der Waals surface area contributed by atoms with Crippen molar-refractivity contribution in [1.29, 1.82) is 0 Å². The predicted octanol–water partition coefficient (Wildman–Crippen LogP) is 5.60. The van der Waals surface area contributed by atoms with Crippen LogP contribution in [0.5, 0.6) is 5.75 Å². The molecular weight excluding hydrogens is 460 g/mol. The van der Waals surface area contributed by atoms with Crippen molar-refractivity contribution < 1.29 is 19.1 Å². The molecule has 1 aliphatic heterocycles. The Labute approximate surface area is 200 Å². The lowest BCUT2D eigenvalue weighted by atomic mass is 10.2. The van der Waals surface area contributed by atoms with Crippen LogP contribution in [0.25, 0.3) is 6.08 Å². The van der Waals surface area contributed by atoms with Gasteiger partial charge in [0.1, 0.15) is 12.4 Å². The first-order valence-electron chi connectivity index (χ1n) is 9.96. The molecule has 8 heteroatoms. The predicted molar refractivity (Wildman–Crippen MR) is 131 cm³/mol. The number of ether oxygens (including phenoxy) is 2. The summed E-state index contributed by atoms with van der Waals surface area (Å²) in [7, 11) is 1.31. The number of thioether (sulfide) groups is 1. The van der Waals surface area contributed by atoms with Crippen molar-refractivity contribution in [3.63, 3.8) is 0 Å². The molecule has 0 radical (unpaired) electrons. The van der Waals surface area contributed by atoms with Gasteiger partial charge >= 0.3 is 5.97 Å². The van der Waals surface area contributed by atoms with Crippen molar-refractivity contribution >= 4 is 52.2 Å². The second kappa shape index (κ2) is 10.4. The minimum Gasteiger partial charge on any atom is -0.488 e. The summed E-state index contributed by atoms with van der Waals surface area (Å²) < 4.78 is 10.8. The van der Waals surface area contributed by atoms with Crippen LogP contribution in [-0.2, 0) is 16.1 Å². The van der Waals surface area contributed by atoms with Crippen LogP contribution in [0.1, 0.15) is 21.5 Å². The van der Waals surface area contributed by atoms with Crippen molar-refractivity contribution in [2.75, 3.05) is 7.11 Å². The number of amides is 1. The molecule has 0 aliphatic carbocycles. The highest BCUT2D eigenvalue weighted by atomic mass is 35.5. The molecule has 4 rings (SSSR count). The normalized spacial score (nSPS) is 15.5. The summed E-state index contributed by atoms with van der Waals surface area (Å²) in [5, 5.41) is 3.78. The first-order chi connectivity index (χ1) is 16.0. The van der Waals surface area contributed by atoms with Crippen molar-refractivity contribution in [3.8, 4) is 5.75 Å². The molecule has 166 valence electrons. The van der Waals surface area contributed by atoms with Crippen molar-refractivity contribution in [3.05, 3.63) is 99.4 Å². The van der Waals surface area contributed by atoms with Gasteiger partial charge in [-0.1, -0.05) is 54.1 Å². The van der Waals surface area contributed by atoms with E-state index in [1.807, 2.05) is 48.5 Å². The van der Waals surface area contributed by atoms with Crippen molar-refractivity contribution in [2.45, 2.75) is 6.61 Å². The number of nitrogens with one attached hydrogen (secondary N) is 1. The number of nitrogens with zero attached hydrogens (tertiary/aromatic N) is 1. The van der Waals surface area contributed by atoms with Gasteiger partial charge in [-0.25, -0.2) is 9.79 Å². The maximum absolute atomic E-state index is 12.6.